The molecule has 0 aromatic heterocycles. The standard InChI is InChI=1S/C13H26N2O2/c1-16-13(17-2)10-15-7-5-12(6-8-15)14-9-11-3-4-11/h11-14H,3-10H2,1-2H3. The quantitative estimate of drug-likeness (QED) is 0.677. The van der Waals surface area contributed by atoms with E-state index in [1.165, 1.54) is 32.2 Å². The van der Waals surface area contributed by atoms with Crippen LogP contribution in [0.15, 0.2) is 0 Å². The van der Waals surface area contributed by atoms with Crippen molar-refractivity contribution >= 4 is 0 Å². The number of piperidine rings is 1. The van der Waals surface area contributed by atoms with E-state index < -0.39 is 0 Å². The van der Waals surface area contributed by atoms with Crippen molar-refractivity contribution < 1.29 is 9.47 Å². The van der Waals surface area contributed by atoms with E-state index >= 15 is 0 Å². The van der Waals surface area contributed by atoms with Gasteiger partial charge in [-0.3, -0.25) is 4.90 Å². The van der Waals surface area contributed by atoms with Crippen LogP contribution in [0.3, 0.4) is 0 Å². The molecule has 0 amide bonds. The molecule has 1 aliphatic heterocycles. The second-order valence-corrected chi connectivity index (χ2v) is 5.33. The Kier molecular flexibility index (Phi) is 5.22. The minimum absolute atomic E-state index is 0.0778. The number of nitrogens with one attached hydrogen (secondary N) is 1. The summed E-state index contributed by atoms with van der Waals surface area (Å²) in [6.07, 6.45) is 5.32. The first-order chi connectivity index (χ1) is 8.31. The minimum atomic E-state index is -0.0778. The number of hydrogen-bond acceptors (Lipinski definition) is 4. The fourth-order valence-corrected chi connectivity index (χ4v) is 2.43. The number of rotatable bonds is 7. The summed E-state index contributed by atoms with van der Waals surface area (Å²) in [6, 6.07) is 0.732. The second kappa shape index (κ2) is 6.69. The van der Waals surface area contributed by atoms with Gasteiger partial charge in [0.1, 0.15) is 0 Å². The molecular weight excluding hydrogens is 216 g/mol. The molecule has 1 saturated carbocycles. The fraction of sp³-hybridized carbons (Fsp3) is 1.00. The van der Waals surface area contributed by atoms with E-state index in [1.54, 1.807) is 14.2 Å². The van der Waals surface area contributed by atoms with Gasteiger partial charge >= 0.3 is 0 Å². The Balaban J connectivity index is 1.59. The zero-order valence-electron chi connectivity index (χ0n) is 11.2. The van der Waals surface area contributed by atoms with Crippen molar-refractivity contribution in [2.75, 3.05) is 40.4 Å². The molecule has 0 atom stereocenters. The Labute approximate surface area is 105 Å². The highest BCUT2D eigenvalue weighted by Crippen LogP contribution is 2.28. The summed E-state index contributed by atoms with van der Waals surface area (Å²) in [6.45, 7) is 4.45. The lowest BCUT2D eigenvalue weighted by Crippen LogP contribution is -2.45. The molecule has 4 nitrogen and oxygen atoms in total. The van der Waals surface area contributed by atoms with Gasteiger partial charge in [-0.05, 0) is 51.2 Å². The van der Waals surface area contributed by atoms with Crippen LogP contribution in [0.25, 0.3) is 0 Å². The third-order valence-corrected chi connectivity index (χ3v) is 3.91. The van der Waals surface area contributed by atoms with Crippen molar-refractivity contribution in [3.63, 3.8) is 0 Å². The third kappa shape index (κ3) is 4.54. The van der Waals surface area contributed by atoms with E-state index in [4.69, 9.17) is 9.47 Å². The first-order valence-corrected chi connectivity index (χ1v) is 6.83. The monoisotopic (exact) mass is 242 g/mol. The maximum Gasteiger partial charge on any atom is 0.169 e. The normalized spacial score (nSPS) is 23.5. The molecule has 0 spiro atoms. The first kappa shape index (κ1) is 13.3. The molecule has 0 bridgehead atoms. The molecule has 17 heavy (non-hydrogen) atoms. The molecule has 100 valence electrons. The highest BCUT2D eigenvalue weighted by Gasteiger charge is 2.25. The van der Waals surface area contributed by atoms with Gasteiger partial charge in [-0.25, -0.2) is 0 Å². The maximum absolute atomic E-state index is 5.24. The molecule has 2 rings (SSSR count). The van der Waals surface area contributed by atoms with Gasteiger partial charge in [0.15, 0.2) is 6.29 Å². The summed E-state index contributed by atoms with van der Waals surface area (Å²) in [5, 5.41) is 3.70. The molecule has 0 aromatic rings. The van der Waals surface area contributed by atoms with Crippen LogP contribution in [0, 0.1) is 5.92 Å². The van der Waals surface area contributed by atoms with Crippen LogP contribution in [-0.2, 0) is 9.47 Å². The van der Waals surface area contributed by atoms with Crippen LogP contribution in [0.4, 0.5) is 0 Å². The summed E-state index contributed by atoms with van der Waals surface area (Å²) >= 11 is 0. The van der Waals surface area contributed by atoms with Crippen LogP contribution >= 0.6 is 0 Å². The molecule has 0 unspecified atom stereocenters. The summed E-state index contributed by atoms with van der Waals surface area (Å²) in [7, 11) is 3.41. The van der Waals surface area contributed by atoms with Gasteiger partial charge in [0.2, 0.25) is 0 Å². The fourth-order valence-electron chi connectivity index (χ4n) is 2.43. The molecule has 1 heterocycles. The van der Waals surface area contributed by atoms with Crippen LogP contribution in [-0.4, -0.2) is 57.6 Å². The van der Waals surface area contributed by atoms with E-state index in [0.717, 1.165) is 31.6 Å². The Morgan fingerprint density at radius 3 is 2.29 bits per heavy atom. The van der Waals surface area contributed by atoms with E-state index in [-0.39, 0.29) is 6.29 Å². The van der Waals surface area contributed by atoms with E-state index in [1.807, 2.05) is 0 Å². The third-order valence-electron chi connectivity index (χ3n) is 3.91. The molecule has 1 N–H and O–H groups in total. The molecule has 2 aliphatic rings. The van der Waals surface area contributed by atoms with E-state index in [0.29, 0.717) is 0 Å². The zero-order valence-corrected chi connectivity index (χ0v) is 11.2. The molecule has 1 aliphatic carbocycles. The summed E-state index contributed by atoms with van der Waals surface area (Å²) < 4.78 is 10.5. The second-order valence-electron chi connectivity index (χ2n) is 5.33. The SMILES string of the molecule is COC(CN1CCC(NCC2CC2)CC1)OC. The first-order valence-electron chi connectivity index (χ1n) is 6.83. The summed E-state index contributed by atoms with van der Waals surface area (Å²) in [5.74, 6) is 0.986. The average molecular weight is 242 g/mol. The Hall–Kier alpha value is -0.160. The van der Waals surface area contributed by atoms with Gasteiger partial charge in [-0.1, -0.05) is 0 Å². The number of hydrogen-bond donors (Lipinski definition) is 1. The molecule has 2 fully saturated rings. The topological polar surface area (TPSA) is 33.7 Å². The van der Waals surface area contributed by atoms with Gasteiger partial charge in [0.25, 0.3) is 0 Å². The lowest BCUT2D eigenvalue weighted by atomic mass is 10.0. The zero-order chi connectivity index (χ0) is 12.1. The highest BCUT2D eigenvalue weighted by atomic mass is 16.7. The number of nitrogens with zero attached hydrogens (tertiary/aromatic N) is 1. The van der Waals surface area contributed by atoms with Crippen molar-refractivity contribution in [3.05, 3.63) is 0 Å². The molecule has 4 heteroatoms. The summed E-state index contributed by atoms with van der Waals surface area (Å²) in [4.78, 5) is 2.44. The predicted molar refractivity (Wildman–Crippen MR) is 68.0 cm³/mol. The van der Waals surface area contributed by atoms with Crippen molar-refractivity contribution in [1.29, 1.82) is 0 Å². The Morgan fingerprint density at radius 2 is 1.76 bits per heavy atom. The highest BCUT2D eigenvalue weighted by molar-refractivity contribution is 4.81. The van der Waals surface area contributed by atoms with E-state index in [2.05, 4.69) is 10.2 Å². The van der Waals surface area contributed by atoms with E-state index in [9.17, 15) is 0 Å². The van der Waals surface area contributed by atoms with Gasteiger partial charge in [0.05, 0.1) is 0 Å². The number of ether oxygens (including phenoxy) is 2. The van der Waals surface area contributed by atoms with Crippen LogP contribution in [0.1, 0.15) is 25.7 Å². The van der Waals surface area contributed by atoms with Crippen LogP contribution in [0.5, 0.6) is 0 Å². The molecule has 0 aromatic carbocycles. The van der Waals surface area contributed by atoms with Crippen molar-refractivity contribution in [2.24, 2.45) is 5.92 Å². The number of methoxy groups -OCH3 is 2. The lowest BCUT2D eigenvalue weighted by Gasteiger charge is -2.33. The largest absolute Gasteiger partial charge is 0.355 e. The van der Waals surface area contributed by atoms with Crippen molar-refractivity contribution in [1.82, 2.24) is 10.2 Å². The van der Waals surface area contributed by atoms with Crippen LogP contribution in [0.2, 0.25) is 0 Å². The average Bonchev–Trinajstić information content (AvgIpc) is 3.19. The smallest absolute Gasteiger partial charge is 0.169 e. The van der Waals surface area contributed by atoms with Gasteiger partial charge in [0, 0.05) is 26.8 Å². The molecule has 0 radical (unpaired) electrons. The van der Waals surface area contributed by atoms with Gasteiger partial charge < -0.3 is 14.8 Å². The van der Waals surface area contributed by atoms with Crippen molar-refractivity contribution in [2.45, 2.75) is 38.0 Å². The predicted octanol–water partition coefficient (Wildman–Crippen LogP) is 1.07. The molecular formula is C13H26N2O2. The molecule has 1 saturated heterocycles. The minimum Gasteiger partial charge on any atom is -0.355 e. The van der Waals surface area contributed by atoms with Crippen LogP contribution < -0.4 is 5.32 Å². The Bertz CT molecular complexity index is 209. The maximum atomic E-state index is 5.24. The number of likely N-dealkylation sites (tertiary alicyclic amines) is 1. The van der Waals surface area contributed by atoms with Gasteiger partial charge in [-0.15, -0.1) is 0 Å². The van der Waals surface area contributed by atoms with Crippen molar-refractivity contribution in [3.8, 4) is 0 Å². The van der Waals surface area contributed by atoms with Gasteiger partial charge in [-0.2, -0.15) is 0 Å². The Morgan fingerprint density at radius 1 is 1.12 bits per heavy atom. The summed E-state index contributed by atoms with van der Waals surface area (Å²) in [5.41, 5.74) is 0. The lowest BCUT2D eigenvalue weighted by molar-refractivity contribution is -0.118.